The Morgan fingerprint density at radius 2 is 1.77 bits per heavy atom. The molecule has 12 heteroatoms. The minimum atomic E-state index is -4.83. The highest BCUT2D eigenvalue weighted by Gasteiger charge is 2.43. The van der Waals surface area contributed by atoms with Crippen molar-refractivity contribution in [1.82, 2.24) is 10.1 Å². The number of carboxylic acid groups (broad SMARTS) is 1. The van der Waals surface area contributed by atoms with Crippen LogP contribution in [0.15, 0.2) is 58.4 Å². The number of benzene rings is 2. The monoisotopic (exact) mass is 611 g/mol. The second kappa shape index (κ2) is 11.0. The second-order valence-electron chi connectivity index (χ2n) is 11.3. The summed E-state index contributed by atoms with van der Waals surface area (Å²) in [5.74, 6) is -0.396. The fraction of sp³-hybridized carbons (Fsp3) is 0.387. The van der Waals surface area contributed by atoms with Crippen LogP contribution in [0.4, 0.5) is 18.3 Å². The van der Waals surface area contributed by atoms with Crippen LogP contribution >= 0.6 is 11.3 Å². The first kappa shape index (κ1) is 27.9. The SMILES string of the molecule is O=C(O)c1ccc(-c2csc(N3C4CCC3CC(OCc3c(-c5ccccc5OC(F)(F)F)noc3C3CC3)C4)n2)cc1. The van der Waals surface area contributed by atoms with Crippen molar-refractivity contribution in [1.29, 1.82) is 0 Å². The minimum Gasteiger partial charge on any atom is -0.478 e. The Bertz CT molecular complexity index is 1620. The van der Waals surface area contributed by atoms with Crippen molar-refractivity contribution < 1.29 is 37.1 Å². The van der Waals surface area contributed by atoms with Crippen molar-refractivity contribution in [3.8, 4) is 28.3 Å². The zero-order valence-corrected chi connectivity index (χ0v) is 23.7. The number of carbonyl (C=O) groups is 1. The first-order chi connectivity index (χ1) is 20.7. The number of aromatic carboxylic acids is 1. The predicted octanol–water partition coefficient (Wildman–Crippen LogP) is 7.66. The van der Waals surface area contributed by atoms with Crippen molar-refractivity contribution >= 4 is 22.4 Å². The molecule has 0 radical (unpaired) electrons. The van der Waals surface area contributed by atoms with Crippen LogP contribution in [0.25, 0.3) is 22.5 Å². The zero-order valence-electron chi connectivity index (χ0n) is 22.9. The molecule has 2 saturated heterocycles. The molecule has 2 aliphatic heterocycles. The fourth-order valence-electron chi connectivity index (χ4n) is 6.29. The number of halogens is 3. The number of anilines is 1. The van der Waals surface area contributed by atoms with Crippen LogP contribution in [-0.2, 0) is 11.3 Å². The first-order valence-electron chi connectivity index (χ1n) is 14.3. The van der Waals surface area contributed by atoms with E-state index in [-0.39, 0.29) is 47.6 Å². The number of rotatable bonds is 9. The Kier molecular flexibility index (Phi) is 7.13. The summed E-state index contributed by atoms with van der Waals surface area (Å²) in [6, 6.07) is 13.2. The molecule has 2 unspecified atom stereocenters. The third-order valence-electron chi connectivity index (χ3n) is 8.43. The number of carboxylic acids is 1. The van der Waals surface area contributed by atoms with Gasteiger partial charge in [0.1, 0.15) is 17.2 Å². The van der Waals surface area contributed by atoms with Crippen LogP contribution in [0, 0.1) is 0 Å². The second-order valence-corrected chi connectivity index (χ2v) is 12.1. The molecule has 8 nitrogen and oxygen atoms in total. The molecule has 1 aliphatic carbocycles. The maximum Gasteiger partial charge on any atom is 0.573 e. The third-order valence-corrected chi connectivity index (χ3v) is 9.28. The van der Waals surface area contributed by atoms with Gasteiger partial charge in [-0.3, -0.25) is 0 Å². The summed E-state index contributed by atoms with van der Waals surface area (Å²) in [7, 11) is 0. The van der Waals surface area contributed by atoms with E-state index < -0.39 is 12.3 Å². The first-order valence-corrected chi connectivity index (χ1v) is 15.1. The van der Waals surface area contributed by atoms with E-state index in [0.717, 1.165) is 54.9 Å². The molecule has 3 fully saturated rings. The fourth-order valence-corrected chi connectivity index (χ4v) is 7.27. The molecule has 2 aromatic heterocycles. The van der Waals surface area contributed by atoms with Gasteiger partial charge in [-0.05, 0) is 62.8 Å². The molecular weight excluding hydrogens is 583 g/mol. The lowest BCUT2D eigenvalue weighted by Gasteiger charge is -2.38. The lowest BCUT2D eigenvalue weighted by atomic mass is 10.00. The summed E-state index contributed by atoms with van der Waals surface area (Å²) in [5.41, 5.74) is 3.16. The molecule has 224 valence electrons. The molecule has 1 N–H and O–H groups in total. The van der Waals surface area contributed by atoms with E-state index in [1.807, 2.05) is 5.38 Å². The maximum atomic E-state index is 13.1. The van der Waals surface area contributed by atoms with Gasteiger partial charge in [0.15, 0.2) is 5.13 Å². The Balaban J connectivity index is 1.06. The molecule has 2 bridgehead atoms. The Morgan fingerprint density at radius 1 is 1.05 bits per heavy atom. The maximum absolute atomic E-state index is 13.1. The van der Waals surface area contributed by atoms with E-state index in [9.17, 15) is 23.1 Å². The van der Waals surface area contributed by atoms with Crippen molar-refractivity contribution in [2.45, 2.75) is 75.6 Å². The number of fused-ring (bicyclic) bond motifs is 2. The molecule has 7 rings (SSSR count). The summed E-state index contributed by atoms with van der Waals surface area (Å²) in [5, 5.41) is 16.3. The average molecular weight is 612 g/mol. The average Bonchev–Trinajstić information content (AvgIpc) is 3.44. The topological polar surface area (TPSA) is 97.9 Å². The number of aromatic nitrogens is 2. The normalized spacial score (nSPS) is 21.7. The van der Waals surface area contributed by atoms with Crippen LogP contribution in [0.5, 0.6) is 5.75 Å². The van der Waals surface area contributed by atoms with Gasteiger partial charge in [-0.1, -0.05) is 29.4 Å². The van der Waals surface area contributed by atoms with E-state index in [1.165, 1.54) is 12.1 Å². The Morgan fingerprint density at radius 3 is 2.44 bits per heavy atom. The molecule has 2 atom stereocenters. The van der Waals surface area contributed by atoms with Crippen LogP contribution < -0.4 is 9.64 Å². The molecule has 1 saturated carbocycles. The van der Waals surface area contributed by atoms with Crippen LogP contribution in [0.3, 0.4) is 0 Å². The number of hydrogen-bond donors (Lipinski definition) is 1. The van der Waals surface area contributed by atoms with E-state index in [2.05, 4.69) is 14.8 Å². The van der Waals surface area contributed by atoms with E-state index in [0.29, 0.717) is 17.0 Å². The number of hydrogen-bond acceptors (Lipinski definition) is 8. The number of piperidine rings is 1. The van der Waals surface area contributed by atoms with Gasteiger partial charge < -0.3 is 24.0 Å². The largest absolute Gasteiger partial charge is 0.573 e. The molecular formula is C31H28F3N3O5S. The standard InChI is InChI=1S/C31H28F3N3O5S/c32-31(33,34)41-26-4-2-1-3-23(26)27-24(28(42-36-27)18-7-8-18)15-40-22-13-20-11-12-21(14-22)37(20)30-35-25(16-43-30)17-5-9-19(10-6-17)29(38)39/h1-6,9-10,16,18,20-22H,7-8,11-15H2,(H,38,39). The van der Waals surface area contributed by atoms with Crippen molar-refractivity contribution in [2.24, 2.45) is 0 Å². The highest BCUT2D eigenvalue weighted by Crippen LogP contribution is 2.47. The van der Waals surface area contributed by atoms with Gasteiger partial charge in [-0.2, -0.15) is 0 Å². The Hall–Kier alpha value is -3.90. The van der Waals surface area contributed by atoms with Crippen molar-refractivity contribution in [3.05, 3.63) is 70.8 Å². The van der Waals surface area contributed by atoms with Gasteiger partial charge >= 0.3 is 12.3 Å². The summed E-state index contributed by atoms with van der Waals surface area (Å²) in [6.07, 6.45) is 0.730. The molecule has 4 heterocycles. The van der Waals surface area contributed by atoms with Gasteiger partial charge in [0.25, 0.3) is 0 Å². The number of para-hydroxylation sites is 1. The molecule has 2 aromatic carbocycles. The smallest absolute Gasteiger partial charge is 0.478 e. The molecule has 4 aromatic rings. The van der Waals surface area contributed by atoms with E-state index >= 15 is 0 Å². The minimum absolute atomic E-state index is 0.0202. The molecule has 3 aliphatic rings. The van der Waals surface area contributed by atoms with Crippen LogP contribution in [-0.4, -0.2) is 45.8 Å². The summed E-state index contributed by atoms with van der Waals surface area (Å²) in [4.78, 5) is 18.5. The summed E-state index contributed by atoms with van der Waals surface area (Å²) >= 11 is 1.58. The number of alkyl halides is 3. The summed E-state index contributed by atoms with van der Waals surface area (Å²) in [6.45, 7) is 0.197. The van der Waals surface area contributed by atoms with Crippen molar-refractivity contribution in [3.63, 3.8) is 0 Å². The highest BCUT2D eigenvalue weighted by atomic mass is 32.1. The van der Waals surface area contributed by atoms with Crippen LogP contribution in [0.1, 0.15) is 66.1 Å². The number of nitrogens with zero attached hydrogens (tertiary/aromatic N) is 3. The van der Waals surface area contributed by atoms with Gasteiger partial charge in [-0.25, -0.2) is 9.78 Å². The van der Waals surface area contributed by atoms with Gasteiger partial charge in [-0.15, -0.1) is 24.5 Å². The third kappa shape index (κ3) is 5.73. The van der Waals surface area contributed by atoms with Crippen molar-refractivity contribution in [2.75, 3.05) is 4.90 Å². The van der Waals surface area contributed by atoms with Gasteiger partial charge in [0.05, 0.1) is 24.0 Å². The Labute approximate surface area is 249 Å². The van der Waals surface area contributed by atoms with E-state index in [4.69, 9.17) is 14.2 Å². The van der Waals surface area contributed by atoms with Crippen LogP contribution in [0.2, 0.25) is 0 Å². The number of thiazole rings is 1. The molecule has 43 heavy (non-hydrogen) atoms. The number of ether oxygens (including phenoxy) is 2. The lowest BCUT2D eigenvalue weighted by molar-refractivity contribution is -0.274. The van der Waals surface area contributed by atoms with Gasteiger partial charge in [0.2, 0.25) is 0 Å². The quantitative estimate of drug-likeness (QED) is 0.206. The summed E-state index contributed by atoms with van der Waals surface area (Å²) < 4.78 is 55.8. The van der Waals surface area contributed by atoms with Gasteiger partial charge in [0, 0.05) is 40.1 Å². The van der Waals surface area contributed by atoms with E-state index in [1.54, 1.807) is 47.7 Å². The zero-order chi connectivity index (χ0) is 29.7. The molecule has 0 amide bonds. The lowest BCUT2D eigenvalue weighted by Crippen LogP contribution is -2.45. The highest BCUT2D eigenvalue weighted by molar-refractivity contribution is 7.14. The predicted molar refractivity (Wildman–Crippen MR) is 152 cm³/mol. The molecule has 0 spiro atoms.